The number of anilines is 1. The highest BCUT2D eigenvalue weighted by Gasteiger charge is 2.34. The molecule has 28 heavy (non-hydrogen) atoms. The predicted molar refractivity (Wildman–Crippen MR) is 97.9 cm³/mol. The molecule has 0 aliphatic heterocycles. The van der Waals surface area contributed by atoms with Gasteiger partial charge in [-0.15, -0.1) is 0 Å². The van der Waals surface area contributed by atoms with E-state index in [1.54, 1.807) is 24.3 Å². The number of hydrogen-bond acceptors (Lipinski definition) is 4. The second kappa shape index (κ2) is 8.80. The first-order valence-corrected chi connectivity index (χ1v) is 9.70. The van der Waals surface area contributed by atoms with E-state index in [9.17, 15) is 26.4 Å². The highest BCUT2D eigenvalue weighted by atomic mass is 35.5. The van der Waals surface area contributed by atoms with Gasteiger partial charge in [-0.05, 0) is 30.3 Å². The molecule has 6 nitrogen and oxygen atoms in total. The van der Waals surface area contributed by atoms with Crippen molar-refractivity contribution in [3.8, 4) is 5.75 Å². The maximum absolute atomic E-state index is 12.9. The van der Waals surface area contributed by atoms with Crippen LogP contribution in [0.4, 0.5) is 18.9 Å². The minimum Gasteiger partial charge on any atom is -0.495 e. The van der Waals surface area contributed by atoms with Gasteiger partial charge in [-0.25, -0.2) is 13.1 Å². The molecule has 0 atom stereocenters. The third-order valence-corrected chi connectivity index (χ3v) is 5.37. The third kappa shape index (κ3) is 5.60. The molecule has 2 aromatic rings. The predicted octanol–water partition coefficient (Wildman–Crippen LogP) is 3.67. The van der Waals surface area contributed by atoms with Gasteiger partial charge in [0.1, 0.15) is 5.75 Å². The second-order valence-electron chi connectivity index (χ2n) is 5.54. The molecule has 11 heteroatoms. The van der Waals surface area contributed by atoms with Crippen LogP contribution in [-0.4, -0.2) is 28.0 Å². The minimum atomic E-state index is -4.79. The van der Waals surface area contributed by atoms with Gasteiger partial charge in [0.05, 0.1) is 28.3 Å². The Balaban J connectivity index is 2.01. The van der Waals surface area contributed by atoms with E-state index in [-0.39, 0.29) is 13.0 Å². The largest absolute Gasteiger partial charge is 0.495 e. The molecule has 2 N–H and O–H groups in total. The van der Waals surface area contributed by atoms with Crippen LogP contribution in [0.15, 0.2) is 47.4 Å². The van der Waals surface area contributed by atoms with Gasteiger partial charge in [0, 0.05) is 13.0 Å². The monoisotopic (exact) mass is 436 g/mol. The van der Waals surface area contributed by atoms with Crippen LogP contribution in [0.25, 0.3) is 0 Å². The Labute approximate surface area is 164 Å². The molecular weight excluding hydrogens is 421 g/mol. The number of carbonyl (C=O) groups is 1. The Morgan fingerprint density at radius 3 is 2.50 bits per heavy atom. The zero-order chi connectivity index (χ0) is 20.9. The zero-order valence-electron chi connectivity index (χ0n) is 14.5. The fourth-order valence-corrected chi connectivity index (χ4v) is 3.51. The number of halogens is 4. The van der Waals surface area contributed by atoms with E-state index < -0.39 is 37.6 Å². The summed E-state index contributed by atoms with van der Waals surface area (Å²) < 4.78 is 70.2. The maximum Gasteiger partial charge on any atom is 0.417 e. The first kappa shape index (κ1) is 22.0. The second-order valence-corrected chi connectivity index (χ2v) is 7.71. The molecule has 0 aliphatic carbocycles. The van der Waals surface area contributed by atoms with Crippen molar-refractivity contribution in [2.75, 3.05) is 19.0 Å². The number of nitrogens with one attached hydrogen (secondary N) is 2. The number of rotatable bonds is 7. The third-order valence-electron chi connectivity index (χ3n) is 3.58. The summed E-state index contributed by atoms with van der Waals surface area (Å²) in [5.41, 5.74) is -0.851. The van der Waals surface area contributed by atoms with E-state index in [0.717, 1.165) is 12.1 Å². The number of ether oxygens (including phenoxy) is 1. The van der Waals surface area contributed by atoms with Crippen molar-refractivity contribution in [2.45, 2.75) is 17.5 Å². The van der Waals surface area contributed by atoms with Gasteiger partial charge in [-0.1, -0.05) is 23.7 Å². The number of methoxy groups -OCH3 is 1. The number of para-hydroxylation sites is 2. The quantitative estimate of drug-likeness (QED) is 0.693. The number of carbonyl (C=O) groups excluding carboxylic acids is 1. The summed E-state index contributed by atoms with van der Waals surface area (Å²) in [4.78, 5) is 11.4. The molecule has 0 spiro atoms. The van der Waals surface area contributed by atoms with Crippen LogP contribution in [0.1, 0.15) is 12.0 Å². The average molecular weight is 437 g/mol. The summed E-state index contributed by atoms with van der Waals surface area (Å²) in [6, 6.07) is 8.88. The Hall–Kier alpha value is -2.30. The van der Waals surface area contributed by atoms with Gasteiger partial charge in [0.25, 0.3) is 0 Å². The highest BCUT2D eigenvalue weighted by molar-refractivity contribution is 7.89. The molecule has 152 valence electrons. The standard InChI is InChI=1S/C17H16ClF3N2O4S/c1-27-15-5-3-2-4-14(15)23-16(24)8-9-22-28(25,26)11-6-7-13(18)12(10-11)17(19,20)21/h2-7,10,22H,8-9H2,1H3,(H,23,24). The van der Waals surface area contributed by atoms with Crippen LogP contribution in [0.5, 0.6) is 5.75 Å². The Morgan fingerprint density at radius 1 is 1.18 bits per heavy atom. The molecule has 2 aromatic carbocycles. The van der Waals surface area contributed by atoms with E-state index in [2.05, 4.69) is 10.0 Å². The number of hydrogen-bond donors (Lipinski definition) is 2. The van der Waals surface area contributed by atoms with E-state index in [1.807, 2.05) is 0 Å². The van der Waals surface area contributed by atoms with Gasteiger partial charge in [0.2, 0.25) is 15.9 Å². The molecule has 0 bridgehead atoms. The van der Waals surface area contributed by atoms with Gasteiger partial charge >= 0.3 is 6.18 Å². The van der Waals surface area contributed by atoms with E-state index in [4.69, 9.17) is 16.3 Å². The van der Waals surface area contributed by atoms with Crippen molar-refractivity contribution in [1.82, 2.24) is 4.72 Å². The number of sulfonamides is 1. The van der Waals surface area contributed by atoms with Gasteiger partial charge in [0.15, 0.2) is 0 Å². The molecule has 0 aliphatic rings. The Kier molecular flexibility index (Phi) is 6.91. The van der Waals surface area contributed by atoms with E-state index in [0.29, 0.717) is 17.5 Å². The normalized spacial score (nSPS) is 11.9. The van der Waals surface area contributed by atoms with Crippen molar-refractivity contribution in [3.63, 3.8) is 0 Å². The van der Waals surface area contributed by atoms with Gasteiger partial charge in [-0.2, -0.15) is 13.2 Å². The topological polar surface area (TPSA) is 84.5 Å². The van der Waals surface area contributed by atoms with Crippen molar-refractivity contribution in [3.05, 3.63) is 53.1 Å². The molecule has 0 aromatic heterocycles. The van der Waals surface area contributed by atoms with E-state index in [1.165, 1.54) is 7.11 Å². The molecule has 0 heterocycles. The molecule has 2 rings (SSSR count). The first-order valence-electron chi connectivity index (χ1n) is 7.84. The average Bonchev–Trinajstić information content (AvgIpc) is 2.61. The molecule has 0 saturated heterocycles. The highest BCUT2D eigenvalue weighted by Crippen LogP contribution is 2.35. The Bertz CT molecular complexity index is 965. The summed E-state index contributed by atoms with van der Waals surface area (Å²) in [6.07, 6.45) is -5.03. The van der Waals surface area contributed by atoms with Crippen LogP contribution in [-0.2, 0) is 21.0 Å². The number of amides is 1. The molecule has 0 unspecified atom stereocenters. The molecular formula is C17H16ClF3N2O4S. The summed E-state index contributed by atoms with van der Waals surface area (Å²) >= 11 is 5.48. The molecule has 0 fully saturated rings. The summed E-state index contributed by atoms with van der Waals surface area (Å²) in [5, 5.41) is 1.95. The smallest absolute Gasteiger partial charge is 0.417 e. The van der Waals surface area contributed by atoms with E-state index >= 15 is 0 Å². The molecule has 1 amide bonds. The number of benzene rings is 2. The van der Waals surface area contributed by atoms with Crippen LogP contribution in [0.3, 0.4) is 0 Å². The summed E-state index contributed by atoms with van der Waals surface area (Å²) in [7, 11) is -2.82. The van der Waals surface area contributed by atoms with Crippen molar-refractivity contribution < 1.29 is 31.1 Å². The fraction of sp³-hybridized carbons (Fsp3) is 0.235. The molecule has 0 radical (unpaired) electrons. The fourth-order valence-electron chi connectivity index (χ4n) is 2.23. The van der Waals surface area contributed by atoms with Crippen LogP contribution < -0.4 is 14.8 Å². The van der Waals surface area contributed by atoms with Crippen LogP contribution in [0.2, 0.25) is 5.02 Å². The SMILES string of the molecule is COc1ccccc1NC(=O)CCNS(=O)(=O)c1ccc(Cl)c(C(F)(F)F)c1. The lowest BCUT2D eigenvalue weighted by molar-refractivity contribution is -0.137. The first-order chi connectivity index (χ1) is 13.0. The minimum absolute atomic E-state index is 0.239. The van der Waals surface area contributed by atoms with Gasteiger partial charge < -0.3 is 10.1 Å². The lowest BCUT2D eigenvalue weighted by Gasteiger charge is -2.12. The van der Waals surface area contributed by atoms with Gasteiger partial charge in [-0.3, -0.25) is 4.79 Å². The summed E-state index contributed by atoms with van der Waals surface area (Å²) in [5.74, 6) is -0.0726. The Morgan fingerprint density at radius 2 is 1.86 bits per heavy atom. The number of alkyl halides is 3. The summed E-state index contributed by atoms with van der Waals surface area (Å²) in [6.45, 7) is -0.312. The van der Waals surface area contributed by atoms with Crippen LogP contribution >= 0.6 is 11.6 Å². The van der Waals surface area contributed by atoms with Crippen LogP contribution in [0, 0.1) is 0 Å². The van der Waals surface area contributed by atoms with Crippen molar-refractivity contribution in [1.29, 1.82) is 0 Å². The zero-order valence-corrected chi connectivity index (χ0v) is 16.1. The lowest BCUT2D eigenvalue weighted by atomic mass is 10.2. The lowest BCUT2D eigenvalue weighted by Crippen LogP contribution is -2.28. The maximum atomic E-state index is 12.9. The van der Waals surface area contributed by atoms with Crippen molar-refractivity contribution in [2.24, 2.45) is 0 Å². The van der Waals surface area contributed by atoms with Crippen molar-refractivity contribution >= 4 is 33.2 Å². The molecule has 0 saturated carbocycles.